The number of fused-ring (bicyclic) bond motifs is 1. The number of hydrogen-bond donors (Lipinski definition) is 1. The summed E-state index contributed by atoms with van der Waals surface area (Å²) >= 11 is 2.99. The van der Waals surface area contributed by atoms with Crippen molar-refractivity contribution in [2.75, 3.05) is 5.73 Å². The van der Waals surface area contributed by atoms with Crippen LogP contribution >= 0.6 is 22.9 Å². The van der Waals surface area contributed by atoms with Crippen molar-refractivity contribution in [2.24, 2.45) is 0 Å². The first-order valence-corrected chi connectivity index (χ1v) is 6.42. The van der Waals surface area contributed by atoms with Crippen LogP contribution in [0, 0.1) is 6.92 Å². The van der Waals surface area contributed by atoms with E-state index in [2.05, 4.69) is 15.4 Å². The molecule has 0 aliphatic carbocycles. The second-order valence-electron chi connectivity index (χ2n) is 3.49. The van der Waals surface area contributed by atoms with Crippen LogP contribution < -0.4 is 5.73 Å². The maximum Gasteiger partial charge on any atom is 0.129 e. The zero-order valence-electron chi connectivity index (χ0n) is 8.60. The minimum absolute atomic E-state index is 0.747. The number of nitrogens with zero attached hydrogens (tertiary/aromatic N) is 2. The van der Waals surface area contributed by atoms with Crippen LogP contribution in [0.2, 0.25) is 0 Å². The minimum atomic E-state index is 0.747. The van der Waals surface area contributed by atoms with E-state index in [-0.39, 0.29) is 0 Å². The number of aromatic nitrogens is 2. The van der Waals surface area contributed by atoms with Crippen LogP contribution in [0.4, 0.5) is 5.00 Å². The van der Waals surface area contributed by atoms with Gasteiger partial charge in [-0.3, -0.25) is 0 Å². The topological polar surface area (TPSA) is 51.8 Å². The Labute approximate surface area is 101 Å². The Morgan fingerprint density at radius 1 is 1.25 bits per heavy atom. The lowest BCUT2D eigenvalue weighted by atomic mass is 10.2. The molecule has 0 bridgehead atoms. The Morgan fingerprint density at radius 2 is 2.06 bits per heavy atom. The highest BCUT2D eigenvalue weighted by atomic mass is 32.1. The van der Waals surface area contributed by atoms with Crippen molar-refractivity contribution >= 4 is 38.1 Å². The standard InChI is InChI=1S/C11H9N3S2/c1-6-9(10(12)16-14-6)11-13-7-4-2-3-5-8(7)15-11/h2-5H,12H2,1H3. The van der Waals surface area contributed by atoms with Gasteiger partial charge in [-0.15, -0.1) is 11.3 Å². The molecule has 0 aliphatic heterocycles. The molecule has 0 atom stereocenters. The monoisotopic (exact) mass is 247 g/mol. The molecule has 0 unspecified atom stereocenters. The fourth-order valence-corrected chi connectivity index (χ4v) is 3.43. The van der Waals surface area contributed by atoms with E-state index in [1.54, 1.807) is 11.3 Å². The molecule has 80 valence electrons. The number of para-hydroxylation sites is 1. The van der Waals surface area contributed by atoms with Gasteiger partial charge in [-0.25, -0.2) is 4.98 Å². The van der Waals surface area contributed by atoms with Crippen molar-refractivity contribution < 1.29 is 0 Å². The Morgan fingerprint density at radius 3 is 2.75 bits per heavy atom. The molecule has 1 aromatic carbocycles. The summed E-state index contributed by atoms with van der Waals surface area (Å²) in [5, 5.41) is 1.71. The molecule has 0 amide bonds. The summed E-state index contributed by atoms with van der Waals surface area (Å²) in [5.41, 5.74) is 8.89. The maximum absolute atomic E-state index is 5.92. The number of nitrogen functional groups attached to an aromatic ring is 1. The fraction of sp³-hybridized carbons (Fsp3) is 0.0909. The maximum atomic E-state index is 5.92. The molecule has 3 nitrogen and oxygen atoms in total. The number of anilines is 1. The molecule has 2 N–H and O–H groups in total. The second-order valence-corrected chi connectivity index (χ2v) is 5.33. The summed E-state index contributed by atoms with van der Waals surface area (Å²) in [4.78, 5) is 4.58. The van der Waals surface area contributed by atoms with Crippen molar-refractivity contribution in [1.29, 1.82) is 0 Å². The van der Waals surface area contributed by atoms with Gasteiger partial charge in [-0.1, -0.05) is 12.1 Å². The zero-order chi connectivity index (χ0) is 11.1. The van der Waals surface area contributed by atoms with E-state index in [0.29, 0.717) is 0 Å². The molecule has 5 heteroatoms. The van der Waals surface area contributed by atoms with Crippen LogP contribution in [-0.2, 0) is 0 Å². The lowest BCUT2D eigenvalue weighted by molar-refractivity contribution is 1.33. The summed E-state index contributed by atoms with van der Waals surface area (Å²) in [5.74, 6) is 0. The van der Waals surface area contributed by atoms with E-state index in [4.69, 9.17) is 5.73 Å². The SMILES string of the molecule is Cc1nsc(N)c1-c1nc2ccccc2s1. The molecule has 2 aromatic heterocycles. The Balaban J connectivity index is 2.27. The summed E-state index contributed by atoms with van der Waals surface area (Å²) in [6.07, 6.45) is 0. The molecule has 0 aliphatic rings. The number of benzene rings is 1. The highest BCUT2D eigenvalue weighted by Gasteiger charge is 2.14. The van der Waals surface area contributed by atoms with E-state index in [9.17, 15) is 0 Å². The number of thiazole rings is 1. The van der Waals surface area contributed by atoms with Crippen LogP contribution in [-0.4, -0.2) is 9.36 Å². The smallest absolute Gasteiger partial charge is 0.129 e. The molecule has 3 rings (SSSR count). The predicted molar refractivity (Wildman–Crippen MR) is 69.9 cm³/mol. The summed E-state index contributed by atoms with van der Waals surface area (Å²) in [6.45, 7) is 1.97. The molecular weight excluding hydrogens is 238 g/mol. The van der Waals surface area contributed by atoms with E-state index in [0.717, 1.165) is 26.8 Å². The number of aryl methyl sites for hydroxylation is 1. The van der Waals surface area contributed by atoms with Gasteiger partial charge >= 0.3 is 0 Å². The van der Waals surface area contributed by atoms with E-state index in [1.165, 1.54) is 16.2 Å². The van der Waals surface area contributed by atoms with E-state index in [1.807, 2.05) is 25.1 Å². The quantitative estimate of drug-likeness (QED) is 0.717. The average molecular weight is 247 g/mol. The molecule has 0 spiro atoms. The van der Waals surface area contributed by atoms with Gasteiger partial charge in [0, 0.05) is 0 Å². The van der Waals surface area contributed by atoms with Crippen molar-refractivity contribution in [3.05, 3.63) is 30.0 Å². The first-order chi connectivity index (χ1) is 7.75. The van der Waals surface area contributed by atoms with Gasteiger partial charge in [-0.2, -0.15) is 4.37 Å². The lowest BCUT2D eigenvalue weighted by Gasteiger charge is -1.93. The lowest BCUT2D eigenvalue weighted by Crippen LogP contribution is -1.84. The summed E-state index contributed by atoms with van der Waals surface area (Å²) < 4.78 is 5.43. The summed E-state index contributed by atoms with van der Waals surface area (Å²) in [7, 11) is 0. The third-order valence-corrected chi connectivity index (χ3v) is 4.22. The molecule has 0 fully saturated rings. The van der Waals surface area contributed by atoms with Gasteiger partial charge < -0.3 is 5.73 Å². The second kappa shape index (κ2) is 3.54. The highest BCUT2D eigenvalue weighted by Crippen LogP contribution is 2.36. The third kappa shape index (κ3) is 1.40. The fourth-order valence-electron chi connectivity index (χ4n) is 1.63. The first-order valence-electron chi connectivity index (χ1n) is 4.83. The van der Waals surface area contributed by atoms with Crippen molar-refractivity contribution in [1.82, 2.24) is 9.36 Å². The summed E-state index contributed by atoms with van der Waals surface area (Å²) in [6, 6.07) is 8.10. The van der Waals surface area contributed by atoms with Crippen LogP contribution in [0.1, 0.15) is 5.69 Å². The van der Waals surface area contributed by atoms with Crippen molar-refractivity contribution in [3.8, 4) is 10.6 Å². The molecule has 2 heterocycles. The molecule has 16 heavy (non-hydrogen) atoms. The normalized spacial score (nSPS) is 11.1. The number of hydrogen-bond acceptors (Lipinski definition) is 5. The van der Waals surface area contributed by atoms with Crippen molar-refractivity contribution in [3.63, 3.8) is 0 Å². The molecule has 0 saturated heterocycles. The predicted octanol–water partition coefficient (Wildman–Crippen LogP) is 3.31. The highest BCUT2D eigenvalue weighted by molar-refractivity contribution is 7.22. The Kier molecular flexibility index (Phi) is 2.15. The molecule has 0 saturated carbocycles. The van der Waals surface area contributed by atoms with E-state index >= 15 is 0 Å². The number of rotatable bonds is 1. The zero-order valence-corrected chi connectivity index (χ0v) is 10.2. The van der Waals surface area contributed by atoms with Gasteiger partial charge in [0.15, 0.2) is 0 Å². The molecular formula is C11H9N3S2. The molecule has 3 aromatic rings. The van der Waals surface area contributed by atoms with Crippen LogP contribution in [0.3, 0.4) is 0 Å². The van der Waals surface area contributed by atoms with Crippen LogP contribution in [0.15, 0.2) is 24.3 Å². The van der Waals surface area contributed by atoms with Gasteiger partial charge in [0.25, 0.3) is 0 Å². The first kappa shape index (κ1) is 9.74. The van der Waals surface area contributed by atoms with Gasteiger partial charge in [0.2, 0.25) is 0 Å². The van der Waals surface area contributed by atoms with Crippen molar-refractivity contribution in [2.45, 2.75) is 6.92 Å². The van der Waals surface area contributed by atoms with Gasteiger partial charge in [0.05, 0.1) is 21.5 Å². The van der Waals surface area contributed by atoms with Gasteiger partial charge in [-0.05, 0) is 30.6 Å². The van der Waals surface area contributed by atoms with Crippen LogP contribution in [0.25, 0.3) is 20.8 Å². The molecule has 0 radical (unpaired) electrons. The van der Waals surface area contributed by atoms with Crippen LogP contribution in [0.5, 0.6) is 0 Å². The van der Waals surface area contributed by atoms with E-state index < -0.39 is 0 Å². The largest absolute Gasteiger partial charge is 0.389 e. The minimum Gasteiger partial charge on any atom is -0.389 e. The third-order valence-electron chi connectivity index (χ3n) is 2.40. The average Bonchev–Trinajstić information content (AvgIpc) is 2.82. The van der Waals surface area contributed by atoms with Gasteiger partial charge in [0.1, 0.15) is 10.0 Å². The Hall–Kier alpha value is -1.46. The Bertz CT molecular complexity index is 602. The number of nitrogens with two attached hydrogens (primary N) is 1.